The molecule has 0 saturated carbocycles. The molecule has 3 nitrogen and oxygen atoms in total. The third-order valence-electron chi connectivity index (χ3n) is 2.77. The van der Waals surface area contributed by atoms with E-state index in [1.54, 1.807) is 6.92 Å². The number of fused-ring (bicyclic) bond motifs is 1. The number of ketones is 1. The first kappa shape index (κ1) is 13.0. The zero-order chi connectivity index (χ0) is 13.4. The summed E-state index contributed by atoms with van der Waals surface area (Å²) in [4.78, 5) is 24.5. The van der Waals surface area contributed by atoms with E-state index < -0.39 is 23.3 Å². The van der Waals surface area contributed by atoms with E-state index in [-0.39, 0.29) is 23.7 Å². The molecule has 0 aliphatic carbocycles. The minimum atomic E-state index is -1.14. The second-order valence-electron chi connectivity index (χ2n) is 4.29. The average Bonchev–Trinajstić information content (AvgIpc) is 2.56. The van der Waals surface area contributed by atoms with Gasteiger partial charge in [0.1, 0.15) is 0 Å². The SMILES string of the molecule is CC(CCl)CN1C(=O)C(=O)c2cc(F)c(F)cc21. The molecule has 2 rings (SSSR count). The number of anilines is 1. The monoisotopic (exact) mass is 273 g/mol. The number of amides is 1. The van der Waals surface area contributed by atoms with E-state index in [1.807, 2.05) is 0 Å². The van der Waals surface area contributed by atoms with Crippen molar-refractivity contribution in [2.75, 3.05) is 17.3 Å². The molecule has 0 spiro atoms. The topological polar surface area (TPSA) is 37.4 Å². The van der Waals surface area contributed by atoms with Crippen LogP contribution in [0.5, 0.6) is 0 Å². The summed E-state index contributed by atoms with van der Waals surface area (Å²) < 4.78 is 26.2. The van der Waals surface area contributed by atoms with E-state index >= 15 is 0 Å². The normalized spacial score (nSPS) is 16.1. The van der Waals surface area contributed by atoms with Crippen molar-refractivity contribution < 1.29 is 18.4 Å². The largest absolute Gasteiger partial charge is 0.304 e. The van der Waals surface area contributed by atoms with Crippen molar-refractivity contribution >= 4 is 29.0 Å². The van der Waals surface area contributed by atoms with Crippen LogP contribution in [0.4, 0.5) is 14.5 Å². The molecular weight excluding hydrogens is 264 g/mol. The number of hydrogen-bond donors (Lipinski definition) is 0. The lowest BCUT2D eigenvalue weighted by Crippen LogP contribution is -2.34. The lowest BCUT2D eigenvalue weighted by molar-refractivity contribution is -0.114. The fourth-order valence-corrected chi connectivity index (χ4v) is 1.93. The Morgan fingerprint density at radius 1 is 1.28 bits per heavy atom. The summed E-state index contributed by atoms with van der Waals surface area (Å²) in [5, 5.41) is 0. The Bertz CT molecular complexity index is 533. The standard InChI is InChI=1S/C12H10ClF2NO2/c1-6(4-13)5-16-10-3-9(15)8(14)2-7(10)11(17)12(16)18/h2-3,6H,4-5H2,1H3. The van der Waals surface area contributed by atoms with Gasteiger partial charge in [-0.15, -0.1) is 11.6 Å². The Morgan fingerprint density at radius 3 is 2.50 bits per heavy atom. The van der Waals surface area contributed by atoms with Gasteiger partial charge < -0.3 is 4.90 Å². The minimum absolute atomic E-state index is 0.0533. The fraction of sp³-hybridized carbons (Fsp3) is 0.333. The molecule has 0 bridgehead atoms. The van der Waals surface area contributed by atoms with Gasteiger partial charge in [0, 0.05) is 18.5 Å². The second-order valence-corrected chi connectivity index (χ2v) is 4.60. The van der Waals surface area contributed by atoms with Crippen LogP contribution in [-0.4, -0.2) is 24.1 Å². The van der Waals surface area contributed by atoms with Crippen molar-refractivity contribution in [3.05, 3.63) is 29.3 Å². The molecular formula is C12H10ClF2NO2. The summed E-state index contributed by atoms with van der Waals surface area (Å²) in [6.07, 6.45) is 0. The molecule has 1 aromatic carbocycles. The van der Waals surface area contributed by atoms with Crippen LogP contribution >= 0.6 is 11.6 Å². The molecule has 0 saturated heterocycles. The molecule has 1 aliphatic heterocycles. The third kappa shape index (κ3) is 1.99. The van der Waals surface area contributed by atoms with Crippen LogP contribution in [0.15, 0.2) is 12.1 Å². The highest BCUT2D eigenvalue weighted by Crippen LogP contribution is 2.31. The van der Waals surface area contributed by atoms with Crippen molar-refractivity contribution in [3.63, 3.8) is 0 Å². The van der Waals surface area contributed by atoms with Crippen LogP contribution in [0.3, 0.4) is 0 Å². The van der Waals surface area contributed by atoms with E-state index in [0.29, 0.717) is 5.88 Å². The maximum absolute atomic E-state index is 13.2. The van der Waals surface area contributed by atoms with E-state index in [1.165, 1.54) is 0 Å². The average molecular weight is 274 g/mol. The highest BCUT2D eigenvalue weighted by molar-refractivity contribution is 6.52. The summed E-state index contributed by atoms with van der Waals surface area (Å²) >= 11 is 5.64. The Hall–Kier alpha value is -1.49. The number of rotatable bonds is 3. The number of benzene rings is 1. The number of halogens is 3. The van der Waals surface area contributed by atoms with Gasteiger partial charge in [-0.05, 0) is 12.0 Å². The molecule has 1 atom stereocenters. The highest BCUT2D eigenvalue weighted by Gasteiger charge is 2.37. The van der Waals surface area contributed by atoms with Gasteiger partial charge in [0.25, 0.3) is 11.7 Å². The van der Waals surface area contributed by atoms with Gasteiger partial charge in [-0.25, -0.2) is 8.78 Å². The predicted molar refractivity (Wildman–Crippen MR) is 62.9 cm³/mol. The smallest absolute Gasteiger partial charge is 0.299 e. The van der Waals surface area contributed by atoms with Crippen molar-refractivity contribution in [1.29, 1.82) is 0 Å². The van der Waals surface area contributed by atoms with E-state index in [0.717, 1.165) is 17.0 Å². The van der Waals surface area contributed by atoms with Gasteiger partial charge in [0.05, 0.1) is 11.3 Å². The zero-order valence-corrected chi connectivity index (χ0v) is 10.3. The van der Waals surface area contributed by atoms with Crippen LogP contribution in [0.2, 0.25) is 0 Å². The Labute approximate surface area is 107 Å². The molecule has 1 aliphatic rings. The van der Waals surface area contributed by atoms with Crippen molar-refractivity contribution in [2.45, 2.75) is 6.92 Å². The highest BCUT2D eigenvalue weighted by atomic mass is 35.5. The minimum Gasteiger partial charge on any atom is -0.304 e. The van der Waals surface area contributed by atoms with Gasteiger partial charge in [-0.3, -0.25) is 9.59 Å². The van der Waals surface area contributed by atoms with Crippen LogP contribution < -0.4 is 4.90 Å². The first-order valence-electron chi connectivity index (χ1n) is 5.37. The molecule has 1 aromatic rings. The van der Waals surface area contributed by atoms with E-state index in [2.05, 4.69) is 0 Å². The number of carbonyl (C=O) groups excluding carboxylic acids is 2. The number of carbonyl (C=O) groups is 2. The van der Waals surface area contributed by atoms with Gasteiger partial charge in [0.2, 0.25) is 0 Å². The quantitative estimate of drug-likeness (QED) is 0.626. The molecule has 18 heavy (non-hydrogen) atoms. The molecule has 0 aromatic heterocycles. The summed E-state index contributed by atoms with van der Waals surface area (Å²) in [5.74, 6) is -3.56. The van der Waals surface area contributed by atoms with Crippen LogP contribution in [0, 0.1) is 17.6 Å². The maximum atomic E-state index is 13.2. The first-order chi connectivity index (χ1) is 8.45. The van der Waals surface area contributed by atoms with Crippen LogP contribution in [-0.2, 0) is 4.79 Å². The summed E-state index contributed by atoms with van der Waals surface area (Å²) in [5.41, 5.74) is 0.0153. The Morgan fingerprint density at radius 2 is 1.89 bits per heavy atom. The van der Waals surface area contributed by atoms with Gasteiger partial charge >= 0.3 is 0 Å². The Balaban J connectivity index is 2.45. The summed E-state index contributed by atoms with van der Waals surface area (Å²) in [6.45, 7) is 1.99. The molecule has 1 unspecified atom stereocenters. The number of hydrogen-bond acceptors (Lipinski definition) is 2. The predicted octanol–water partition coefficient (Wildman–Crippen LogP) is 2.37. The summed E-state index contributed by atoms with van der Waals surface area (Å²) in [6, 6.07) is 1.63. The fourth-order valence-electron chi connectivity index (χ4n) is 1.83. The number of Topliss-reactive ketones (excluding diaryl/α,β-unsaturated/α-hetero) is 1. The zero-order valence-electron chi connectivity index (χ0n) is 9.54. The van der Waals surface area contributed by atoms with Crippen molar-refractivity contribution in [2.24, 2.45) is 5.92 Å². The molecule has 96 valence electrons. The van der Waals surface area contributed by atoms with Crippen LogP contribution in [0.1, 0.15) is 17.3 Å². The molecule has 0 N–H and O–H groups in total. The van der Waals surface area contributed by atoms with E-state index in [4.69, 9.17) is 11.6 Å². The van der Waals surface area contributed by atoms with Crippen molar-refractivity contribution in [3.8, 4) is 0 Å². The van der Waals surface area contributed by atoms with Gasteiger partial charge in [-0.1, -0.05) is 6.92 Å². The van der Waals surface area contributed by atoms with Crippen LogP contribution in [0.25, 0.3) is 0 Å². The molecule has 1 heterocycles. The molecule has 0 fully saturated rings. The lowest BCUT2D eigenvalue weighted by Gasteiger charge is -2.19. The van der Waals surface area contributed by atoms with Gasteiger partial charge in [-0.2, -0.15) is 0 Å². The maximum Gasteiger partial charge on any atom is 0.299 e. The molecule has 0 radical (unpaired) electrons. The number of alkyl halides is 1. The third-order valence-corrected chi connectivity index (χ3v) is 3.30. The summed E-state index contributed by atoms with van der Waals surface area (Å²) in [7, 11) is 0. The first-order valence-corrected chi connectivity index (χ1v) is 5.90. The lowest BCUT2D eigenvalue weighted by atomic mass is 10.1. The molecule has 6 heteroatoms. The Kier molecular flexibility index (Phi) is 3.34. The second kappa shape index (κ2) is 4.65. The van der Waals surface area contributed by atoms with Gasteiger partial charge in [0.15, 0.2) is 11.6 Å². The molecule has 1 amide bonds. The number of nitrogens with zero attached hydrogens (tertiary/aromatic N) is 1. The van der Waals surface area contributed by atoms with E-state index in [9.17, 15) is 18.4 Å². The van der Waals surface area contributed by atoms with Crippen molar-refractivity contribution in [1.82, 2.24) is 0 Å².